The van der Waals surface area contributed by atoms with Crippen molar-refractivity contribution in [2.75, 3.05) is 39.1 Å². The second kappa shape index (κ2) is 9.41. The first-order chi connectivity index (χ1) is 13.5. The van der Waals surface area contributed by atoms with Crippen LogP contribution in [-0.2, 0) is 16.0 Å². The zero-order chi connectivity index (χ0) is 20.1. The maximum atomic E-state index is 12.3. The van der Waals surface area contributed by atoms with E-state index in [2.05, 4.69) is 45.7 Å². The third-order valence-electron chi connectivity index (χ3n) is 6.09. The van der Waals surface area contributed by atoms with Gasteiger partial charge in [-0.05, 0) is 50.6 Å². The lowest BCUT2D eigenvalue weighted by molar-refractivity contribution is -0.139. The van der Waals surface area contributed by atoms with E-state index in [-0.39, 0.29) is 12.1 Å². The quantitative estimate of drug-likeness (QED) is 0.602. The molecule has 1 aromatic rings. The van der Waals surface area contributed by atoms with Gasteiger partial charge >= 0.3 is 11.8 Å². The van der Waals surface area contributed by atoms with Gasteiger partial charge in [0.1, 0.15) is 0 Å². The van der Waals surface area contributed by atoms with Gasteiger partial charge in [-0.3, -0.25) is 9.59 Å². The highest BCUT2D eigenvalue weighted by Crippen LogP contribution is 2.30. The van der Waals surface area contributed by atoms with E-state index < -0.39 is 11.8 Å². The molecule has 154 valence electrons. The number of carbonyl (C=O) groups excluding carboxylic acids is 2. The number of benzene rings is 1. The maximum absolute atomic E-state index is 12.3. The van der Waals surface area contributed by atoms with Crippen LogP contribution < -0.4 is 15.5 Å². The van der Waals surface area contributed by atoms with Crippen LogP contribution in [0.15, 0.2) is 18.2 Å². The lowest BCUT2D eigenvalue weighted by atomic mass is 10.0. The van der Waals surface area contributed by atoms with Gasteiger partial charge in [-0.1, -0.05) is 37.8 Å². The molecule has 0 saturated heterocycles. The van der Waals surface area contributed by atoms with E-state index in [9.17, 15) is 9.59 Å². The van der Waals surface area contributed by atoms with Crippen molar-refractivity contribution in [3.05, 3.63) is 29.3 Å². The number of hydrogen-bond acceptors (Lipinski definition) is 4. The van der Waals surface area contributed by atoms with Crippen LogP contribution in [0.1, 0.15) is 55.7 Å². The summed E-state index contributed by atoms with van der Waals surface area (Å²) in [6.45, 7) is 1.46. The lowest BCUT2D eigenvalue weighted by Crippen LogP contribution is -2.46. The van der Waals surface area contributed by atoms with Gasteiger partial charge in [-0.2, -0.15) is 0 Å². The summed E-state index contributed by atoms with van der Waals surface area (Å²) in [7, 11) is 6.12. The summed E-state index contributed by atoms with van der Waals surface area (Å²) in [4.78, 5) is 29.0. The summed E-state index contributed by atoms with van der Waals surface area (Å²) < 4.78 is 0. The van der Waals surface area contributed by atoms with Crippen LogP contribution in [0, 0.1) is 0 Å². The molecule has 0 aromatic heterocycles. The molecule has 3 rings (SSSR count). The van der Waals surface area contributed by atoms with E-state index in [1.807, 2.05) is 14.1 Å². The number of anilines is 1. The van der Waals surface area contributed by atoms with Gasteiger partial charge in [-0.25, -0.2) is 0 Å². The molecule has 1 unspecified atom stereocenters. The Labute approximate surface area is 168 Å². The molecule has 1 atom stereocenters. The van der Waals surface area contributed by atoms with Gasteiger partial charge in [0.15, 0.2) is 0 Å². The van der Waals surface area contributed by atoms with Crippen LogP contribution in [0.4, 0.5) is 5.69 Å². The Morgan fingerprint density at radius 3 is 2.54 bits per heavy atom. The second-order valence-electron chi connectivity index (χ2n) is 8.41. The predicted molar refractivity (Wildman–Crippen MR) is 112 cm³/mol. The summed E-state index contributed by atoms with van der Waals surface area (Å²) in [6, 6.07) is 6.70. The lowest BCUT2D eigenvalue weighted by Gasteiger charge is -2.26. The highest BCUT2D eigenvalue weighted by molar-refractivity contribution is 6.35. The molecule has 28 heavy (non-hydrogen) atoms. The van der Waals surface area contributed by atoms with Gasteiger partial charge in [0.25, 0.3) is 0 Å². The number of nitrogens with zero attached hydrogens (tertiary/aromatic N) is 2. The topological polar surface area (TPSA) is 64.7 Å². The first-order valence-corrected chi connectivity index (χ1v) is 10.5. The van der Waals surface area contributed by atoms with E-state index in [1.165, 1.54) is 29.7 Å². The summed E-state index contributed by atoms with van der Waals surface area (Å²) in [5.41, 5.74) is 3.81. The number of rotatable bonds is 5. The van der Waals surface area contributed by atoms with Crippen LogP contribution in [0.5, 0.6) is 0 Å². The van der Waals surface area contributed by atoms with Crippen molar-refractivity contribution in [2.45, 2.75) is 57.0 Å². The third-order valence-corrected chi connectivity index (χ3v) is 6.09. The van der Waals surface area contributed by atoms with Crippen molar-refractivity contribution in [1.82, 2.24) is 15.5 Å². The maximum Gasteiger partial charge on any atom is 0.309 e. The van der Waals surface area contributed by atoms with Crippen molar-refractivity contribution in [1.29, 1.82) is 0 Å². The summed E-state index contributed by atoms with van der Waals surface area (Å²) in [5.74, 6) is -1.03. The molecule has 1 aliphatic heterocycles. The molecule has 1 fully saturated rings. The molecule has 2 aliphatic rings. The number of likely N-dealkylation sites (N-methyl/N-ethyl adjacent to an activating group) is 2. The summed E-state index contributed by atoms with van der Waals surface area (Å²) in [6.07, 6.45) is 7.70. The number of nitrogens with one attached hydrogen (secondary N) is 2. The smallest absolute Gasteiger partial charge is 0.309 e. The second-order valence-corrected chi connectivity index (χ2v) is 8.41. The van der Waals surface area contributed by atoms with E-state index in [4.69, 9.17) is 0 Å². The van der Waals surface area contributed by atoms with Crippen molar-refractivity contribution in [3.63, 3.8) is 0 Å². The minimum absolute atomic E-state index is 0.0332. The number of fused-ring (bicyclic) bond motifs is 1. The van der Waals surface area contributed by atoms with E-state index >= 15 is 0 Å². The predicted octanol–water partition coefficient (Wildman–Crippen LogP) is 2.24. The summed E-state index contributed by atoms with van der Waals surface area (Å²) in [5, 5.41) is 5.76. The molecular weight excluding hydrogens is 352 g/mol. The minimum Gasteiger partial charge on any atom is -0.374 e. The van der Waals surface area contributed by atoms with Crippen molar-refractivity contribution < 1.29 is 9.59 Å². The normalized spacial score (nSPS) is 18.5. The third kappa shape index (κ3) is 5.04. The van der Waals surface area contributed by atoms with Crippen LogP contribution in [0.3, 0.4) is 0 Å². The van der Waals surface area contributed by atoms with Gasteiger partial charge in [0.05, 0.1) is 6.04 Å². The molecule has 6 heteroatoms. The zero-order valence-electron chi connectivity index (χ0n) is 17.5. The molecule has 6 nitrogen and oxygen atoms in total. The molecule has 0 radical (unpaired) electrons. The molecule has 1 aliphatic carbocycles. The number of hydrogen-bond donors (Lipinski definition) is 2. The Hall–Kier alpha value is -2.08. The van der Waals surface area contributed by atoms with Crippen LogP contribution in [0.25, 0.3) is 0 Å². The Bertz CT molecular complexity index is 696. The standard InChI is InChI=1S/C22H34N4O2/c1-25(2)20(16-10-11-19-17(14-16)12-13-26(19)3)15-23-21(27)22(28)24-18-8-6-4-5-7-9-18/h10-11,14,18,20H,4-9,12-13,15H2,1-3H3,(H,23,27)(H,24,28). The van der Waals surface area contributed by atoms with Crippen LogP contribution in [-0.4, -0.2) is 57.0 Å². The minimum atomic E-state index is -0.531. The average Bonchev–Trinajstić information content (AvgIpc) is 2.87. The first-order valence-electron chi connectivity index (χ1n) is 10.5. The first kappa shape index (κ1) is 20.6. The van der Waals surface area contributed by atoms with Gasteiger partial charge in [-0.15, -0.1) is 0 Å². The summed E-state index contributed by atoms with van der Waals surface area (Å²) >= 11 is 0. The van der Waals surface area contributed by atoms with Gasteiger partial charge < -0.3 is 20.4 Å². The fraction of sp³-hybridized carbons (Fsp3) is 0.636. The highest BCUT2D eigenvalue weighted by Gasteiger charge is 2.23. The highest BCUT2D eigenvalue weighted by atomic mass is 16.2. The van der Waals surface area contributed by atoms with Crippen molar-refractivity contribution in [2.24, 2.45) is 0 Å². The molecular formula is C22H34N4O2. The number of carbonyl (C=O) groups is 2. The Morgan fingerprint density at radius 1 is 1.14 bits per heavy atom. The molecule has 0 bridgehead atoms. The van der Waals surface area contributed by atoms with Crippen molar-refractivity contribution >= 4 is 17.5 Å². The molecule has 1 aromatic carbocycles. The monoisotopic (exact) mass is 386 g/mol. The van der Waals surface area contributed by atoms with Crippen LogP contribution in [0.2, 0.25) is 0 Å². The zero-order valence-corrected chi connectivity index (χ0v) is 17.5. The fourth-order valence-corrected chi connectivity index (χ4v) is 4.34. The van der Waals surface area contributed by atoms with E-state index in [0.29, 0.717) is 6.54 Å². The SMILES string of the molecule is CN1CCc2cc(C(CNC(=O)C(=O)NC3CCCCCC3)N(C)C)ccc21. The molecule has 0 spiro atoms. The van der Waals surface area contributed by atoms with E-state index in [1.54, 1.807) is 0 Å². The Morgan fingerprint density at radius 2 is 1.86 bits per heavy atom. The van der Waals surface area contributed by atoms with Crippen LogP contribution >= 0.6 is 0 Å². The van der Waals surface area contributed by atoms with E-state index in [0.717, 1.165) is 38.6 Å². The van der Waals surface area contributed by atoms with Crippen molar-refractivity contribution in [3.8, 4) is 0 Å². The van der Waals surface area contributed by atoms with Gasteiger partial charge in [0, 0.05) is 31.9 Å². The molecule has 2 N–H and O–H groups in total. The van der Waals surface area contributed by atoms with Gasteiger partial charge in [0.2, 0.25) is 0 Å². The Kier molecular flexibility index (Phi) is 6.94. The number of amides is 2. The largest absolute Gasteiger partial charge is 0.374 e. The molecule has 1 saturated carbocycles. The average molecular weight is 387 g/mol. The molecule has 2 amide bonds. The Balaban J connectivity index is 1.57. The fourth-order valence-electron chi connectivity index (χ4n) is 4.34. The molecule has 1 heterocycles.